The number of aromatic nitrogens is 2. The number of rotatable bonds is 2. The van der Waals surface area contributed by atoms with Gasteiger partial charge in [-0.15, -0.1) is 0 Å². The molecule has 2 N–H and O–H groups in total. The molecule has 0 amide bonds. The van der Waals surface area contributed by atoms with Crippen molar-refractivity contribution in [3.63, 3.8) is 0 Å². The van der Waals surface area contributed by atoms with Crippen molar-refractivity contribution < 1.29 is 9.50 Å². The number of halogens is 2. The molecule has 0 saturated heterocycles. The lowest BCUT2D eigenvalue weighted by Crippen LogP contribution is -1.81. The molecule has 0 unspecified atom stereocenters. The van der Waals surface area contributed by atoms with E-state index >= 15 is 0 Å². The molecular formula is C10H8ClFN2O. The van der Waals surface area contributed by atoms with Crippen LogP contribution in [0.5, 0.6) is 0 Å². The molecule has 5 heteroatoms. The molecular weight excluding hydrogens is 219 g/mol. The summed E-state index contributed by atoms with van der Waals surface area (Å²) in [4.78, 5) is 0. The minimum Gasteiger partial charge on any atom is -0.390 e. The third-order valence-electron chi connectivity index (χ3n) is 2.01. The maximum absolute atomic E-state index is 12.8. The number of H-pyrrole nitrogens is 1. The van der Waals surface area contributed by atoms with Gasteiger partial charge in [0, 0.05) is 5.56 Å². The molecule has 0 saturated carbocycles. The predicted octanol–water partition coefficient (Wildman–Crippen LogP) is 2.36. The first-order valence-electron chi connectivity index (χ1n) is 4.31. The summed E-state index contributed by atoms with van der Waals surface area (Å²) in [5.41, 5.74) is 1.81. The fourth-order valence-electron chi connectivity index (χ4n) is 1.28. The maximum atomic E-state index is 12.8. The molecule has 15 heavy (non-hydrogen) atoms. The van der Waals surface area contributed by atoms with E-state index in [0.717, 1.165) is 0 Å². The fraction of sp³-hybridized carbons (Fsp3) is 0.100. The second-order valence-corrected chi connectivity index (χ2v) is 3.47. The topological polar surface area (TPSA) is 48.9 Å². The zero-order chi connectivity index (χ0) is 10.8. The Kier molecular flexibility index (Phi) is 2.70. The van der Waals surface area contributed by atoms with Crippen LogP contribution >= 0.6 is 11.6 Å². The van der Waals surface area contributed by atoms with Crippen LogP contribution in [0, 0.1) is 5.82 Å². The van der Waals surface area contributed by atoms with Crippen LogP contribution in [0.1, 0.15) is 5.69 Å². The third kappa shape index (κ3) is 2.00. The van der Waals surface area contributed by atoms with Gasteiger partial charge in [-0.1, -0.05) is 11.6 Å². The molecule has 0 bridgehead atoms. The highest BCUT2D eigenvalue weighted by molar-refractivity contribution is 6.33. The Morgan fingerprint density at radius 2 is 2.20 bits per heavy atom. The van der Waals surface area contributed by atoms with E-state index in [2.05, 4.69) is 10.2 Å². The summed E-state index contributed by atoms with van der Waals surface area (Å²) in [7, 11) is 0. The molecule has 0 aliphatic rings. The summed E-state index contributed by atoms with van der Waals surface area (Å²) in [6.45, 7) is -0.119. The van der Waals surface area contributed by atoms with Crippen molar-refractivity contribution in [1.29, 1.82) is 0 Å². The summed E-state index contributed by atoms with van der Waals surface area (Å²) in [6, 6.07) is 5.76. The Hall–Kier alpha value is -1.39. The van der Waals surface area contributed by atoms with Gasteiger partial charge >= 0.3 is 0 Å². The van der Waals surface area contributed by atoms with Crippen LogP contribution in [0.25, 0.3) is 11.3 Å². The van der Waals surface area contributed by atoms with Gasteiger partial charge in [0.15, 0.2) is 0 Å². The molecule has 2 aromatic rings. The van der Waals surface area contributed by atoms with Crippen LogP contribution < -0.4 is 0 Å². The largest absolute Gasteiger partial charge is 0.390 e. The van der Waals surface area contributed by atoms with Crippen molar-refractivity contribution in [2.45, 2.75) is 6.61 Å². The number of aromatic amines is 1. The minimum atomic E-state index is -0.387. The molecule has 0 fully saturated rings. The van der Waals surface area contributed by atoms with E-state index in [4.69, 9.17) is 16.7 Å². The first-order chi connectivity index (χ1) is 7.20. The Labute approximate surface area is 90.5 Å². The number of aliphatic hydroxyl groups is 1. The zero-order valence-electron chi connectivity index (χ0n) is 7.67. The van der Waals surface area contributed by atoms with Crippen molar-refractivity contribution >= 4 is 11.6 Å². The first-order valence-corrected chi connectivity index (χ1v) is 4.69. The maximum Gasteiger partial charge on any atom is 0.124 e. The molecule has 0 aliphatic heterocycles. The fourth-order valence-corrected chi connectivity index (χ4v) is 1.54. The van der Waals surface area contributed by atoms with Crippen LogP contribution in [0.3, 0.4) is 0 Å². The van der Waals surface area contributed by atoms with Crippen molar-refractivity contribution in [3.8, 4) is 11.3 Å². The van der Waals surface area contributed by atoms with Gasteiger partial charge in [-0.05, 0) is 24.3 Å². The quantitative estimate of drug-likeness (QED) is 0.826. The molecule has 0 atom stereocenters. The van der Waals surface area contributed by atoms with Crippen molar-refractivity contribution in [3.05, 3.63) is 40.8 Å². The van der Waals surface area contributed by atoms with Crippen LogP contribution in [-0.4, -0.2) is 15.3 Å². The number of nitrogens with one attached hydrogen (secondary N) is 1. The SMILES string of the molecule is OCc1cc(-c2ccc(F)cc2Cl)n[nH]1. The second kappa shape index (κ2) is 4.00. The smallest absolute Gasteiger partial charge is 0.124 e. The van der Waals surface area contributed by atoms with Crippen molar-refractivity contribution in [1.82, 2.24) is 10.2 Å². The van der Waals surface area contributed by atoms with Gasteiger partial charge in [-0.25, -0.2) is 4.39 Å². The normalized spacial score (nSPS) is 10.6. The average Bonchev–Trinajstić information content (AvgIpc) is 2.66. The highest BCUT2D eigenvalue weighted by atomic mass is 35.5. The summed E-state index contributed by atoms with van der Waals surface area (Å²) in [5, 5.41) is 15.7. The van der Waals surface area contributed by atoms with Gasteiger partial charge in [0.1, 0.15) is 5.82 Å². The van der Waals surface area contributed by atoms with Gasteiger partial charge in [0.25, 0.3) is 0 Å². The van der Waals surface area contributed by atoms with E-state index in [-0.39, 0.29) is 12.4 Å². The Bertz CT molecular complexity index is 484. The molecule has 0 spiro atoms. The Morgan fingerprint density at radius 3 is 2.80 bits per heavy atom. The number of aliphatic hydroxyl groups excluding tert-OH is 1. The van der Waals surface area contributed by atoms with Crippen LogP contribution in [0.15, 0.2) is 24.3 Å². The van der Waals surface area contributed by atoms with Crippen molar-refractivity contribution in [2.75, 3.05) is 0 Å². The Balaban J connectivity index is 2.44. The second-order valence-electron chi connectivity index (χ2n) is 3.06. The van der Waals surface area contributed by atoms with Gasteiger partial charge in [0.2, 0.25) is 0 Å². The highest BCUT2D eigenvalue weighted by Crippen LogP contribution is 2.27. The lowest BCUT2D eigenvalue weighted by atomic mass is 10.1. The van der Waals surface area contributed by atoms with Crippen LogP contribution in [0.4, 0.5) is 4.39 Å². The predicted molar refractivity (Wildman–Crippen MR) is 54.9 cm³/mol. The van der Waals surface area contributed by atoms with E-state index in [1.165, 1.54) is 12.1 Å². The Morgan fingerprint density at radius 1 is 1.40 bits per heavy atom. The van der Waals surface area contributed by atoms with E-state index in [9.17, 15) is 4.39 Å². The highest BCUT2D eigenvalue weighted by Gasteiger charge is 2.08. The number of benzene rings is 1. The first kappa shape index (κ1) is 10.1. The number of hydrogen-bond donors (Lipinski definition) is 2. The van der Waals surface area contributed by atoms with E-state index < -0.39 is 0 Å². The third-order valence-corrected chi connectivity index (χ3v) is 2.32. The molecule has 1 heterocycles. The molecule has 0 aliphatic carbocycles. The summed E-state index contributed by atoms with van der Waals surface area (Å²) < 4.78 is 12.8. The molecule has 78 valence electrons. The lowest BCUT2D eigenvalue weighted by Gasteiger charge is -1.99. The average molecular weight is 227 g/mol. The minimum absolute atomic E-state index is 0.119. The lowest BCUT2D eigenvalue weighted by molar-refractivity contribution is 0.276. The summed E-state index contributed by atoms with van der Waals surface area (Å²) in [5.74, 6) is -0.387. The number of nitrogens with zero attached hydrogens (tertiary/aromatic N) is 1. The van der Waals surface area contributed by atoms with Crippen LogP contribution in [0.2, 0.25) is 5.02 Å². The van der Waals surface area contributed by atoms with Gasteiger partial charge in [-0.3, -0.25) is 5.10 Å². The monoisotopic (exact) mass is 226 g/mol. The molecule has 2 rings (SSSR count). The summed E-state index contributed by atoms with van der Waals surface area (Å²) in [6.07, 6.45) is 0. The summed E-state index contributed by atoms with van der Waals surface area (Å²) >= 11 is 5.86. The van der Waals surface area contributed by atoms with E-state index in [1.54, 1.807) is 12.1 Å². The molecule has 1 aromatic heterocycles. The molecule has 0 radical (unpaired) electrons. The van der Waals surface area contributed by atoms with Gasteiger partial charge in [-0.2, -0.15) is 5.10 Å². The molecule has 1 aromatic carbocycles. The molecule has 3 nitrogen and oxygen atoms in total. The van der Waals surface area contributed by atoms with Gasteiger partial charge in [0.05, 0.1) is 23.0 Å². The van der Waals surface area contributed by atoms with Gasteiger partial charge < -0.3 is 5.11 Å². The zero-order valence-corrected chi connectivity index (χ0v) is 8.42. The standard InChI is InChI=1S/C10H8ClFN2O/c11-9-3-6(12)1-2-8(9)10-4-7(5-15)13-14-10/h1-4,15H,5H2,(H,13,14). The van der Waals surface area contributed by atoms with E-state index in [1.807, 2.05) is 0 Å². The van der Waals surface area contributed by atoms with Crippen LogP contribution in [-0.2, 0) is 6.61 Å². The number of hydrogen-bond acceptors (Lipinski definition) is 2. The van der Waals surface area contributed by atoms with E-state index in [0.29, 0.717) is 22.0 Å². The van der Waals surface area contributed by atoms with Crippen molar-refractivity contribution in [2.24, 2.45) is 0 Å².